The monoisotopic (exact) mass is 1550 g/mol. The zero-order valence-corrected chi connectivity index (χ0v) is 60.5. The Morgan fingerprint density at radius 2 is 0.953 bits per heavy atom. The van der Waals surface area contributed by atoms with Gasteiger partial charge in [0.25, 0.3) is 5.76 Å². The Labute approximate surface area is 604 Å². The second-order valence-corrected chi connectivity index (χ2v) is 29.2. The molecule has 574 valence electrons. The number of carbonyl (C=O) groups excluding carboxylic acids is 1. The molecule has 3 saturated heterocycles. The van der Waals surface area contributed by atoms with E-state index in [1.807, 2.05) is 32.3 Å². The molecule has 0 radical (unpaired) electrons. The Balaban J connectivity index is 0.000000167. The van der Waals surface area contributed by atoms with E-state index < -0.39 is 104 Å². The minimum absolute atomic E-state index is 0.0291. The minimum Gasteiger partial charge on any atom is -0.490 e. The van der Waals surface area contributed by atoms with Gasteiger partial charge in [-0.15, -0.1) is 0 Å². The van der Waals surface area contributed by atoms with E-state index in [1.54, 1.807) is 32.7 Å². The van der Waals surface area contributed by atoms with E-state index >= 15 is 0 Å². The van der Waals surface area contributed by atoms with Gasteiger partial charge in [-0.25, -0.2) is 84.1 Å². The van der Waals surface area contributed by atoms with Crippen LogP contribution < -0.4 is 28.7 Å². The third kappa shape index (κ3) is 16.5. The van der Waals surface area contributed by atoms with E-state index in [0.717, 1.165) is 18.8 Å². The molecule has 10 aromatic heterocycles. The van der Waals surface area contributed by atoms with Crippen molar-refractivity contribution in [3.8, 4) is 0 Å². The van der Waals surface area contributed by atoms with Gasteiger partial charge in [-0.05, 0) is 18.9 Å². The summed E-state index contributed by atoms with van der Waals surface area (Å²) in [6, 6.07) is 0. The zero-order chi connectivity index (χ0) is 76.2. The van der Waals surface area contributed by atoms with Crippen molar-refractivity contribution in [2.75, 3.05) is 82.0 Å². The predicted molar refractivity (Wildman–Crippen MR) is 369 cm³/mol. The molecule has 14 heterocycles. The summed E-state index contributed by atoms with van der Waals surface area (Å²) in [5.74, 6) is -0.435. The molecule has 0 aromatic carbocycles. The van der Waals surface area contributed by atoms with Crippen molar-refractivity contribution < 1.29 is 99.4 Å². The predicted octanol–water partition coefficient (Wildman–Crippen LogP) is 1.74. The number of nitrogens with two attached hydrogens (primary N) is 5. The summed E-state index contributed by atoms with van der Waals surface area (Å²) >= 11 is 0. The van der Waals surface area contributed by atoms with Crippen LogP contribution in [0.3, 0.4) is 0 Å². The molecule has 10 aromatic rings. The number of carbonyl (C=O) groups is 1. The van der Waals surface area contributed by atoms with Gasteiger partial charge >= 0.3 is 29.0 Å². The van der Waals surface area contributed by atoms with Crippen molar-refractivity contribution in [2.45, 2.75) is 115 Å². The van der Waals surface area contributed by atoms with Crippen molar-refractivity contribution in [3.05, 3.63) is 86.6 Å². The highest BCUT2D eigenvalue weighted by atomic mass is 31.2. The summed E-state index contributed by atoms with van der Waals surface area (Å²) in [5, 5.41) is 21.5. The number of nitrogens with zero attached hydrogens (tertiary/aromatic N) is 20. The number of ether oxygens (including phenoxy) is 8. The van der Waals surface area contributed by atoms with Crippen molar-refractivity contribution in [2.24, 2.45) is 11.8 Å². The maximum Gasteiger partial charge on any atom is 0.472 e. The van der Waals surface area contributed by atoms with Crippen LogP contribution in [0.4, 0.5) is 29.1 Å². The molecule has 0 bridgehead atoms. The normalized spacial score (nSPS) is 25.1. The number of aromatic nitrogens is 20. The smallest absolute Gasteiger partial charge is 0.472 e. The van der Waals surface area contributed by atoms with Crippen molar-refractivity contribution in [3.63, 3.8) is 0 Å². The molecule has 46 nitrogen and oxygen atoms in total. The lowest BCUT2D eigenvalue weighted by Gasteiger charge is -2.24. The van der Waals surface area contributed by atoms with Crippen LogP contribution in [-0.2, 0) is 87.6 Å². The standard InChI is InChI=1S/C26H32N10O14P2.C20H27N10O5P.C12H17N5O2/c1-43-19-13(49-26(38)20(19)44-2)3-5-46-52(41,42)47-7-14-18(17(37)25(48-14)36-11-33-15-21(27)29-9-32-24(15)36)50-51(39,40)12-45-6-4-35-10-34-23-16(35)22(28)30-8-31-23;1-3-12-15(11(2)20(34-12)30-9-27-13-16(21)23-7-26-19(13)30)35-36(31,32)10-33-5-4-29-8-28-18-14(29)17(22)24-6-25-18;1-3-7-9(18)6(2)12(19-7)17-5-16-8-10(13)14-4-15-11(8)17/h3,8-11,14,17-18,25,37H,4-7,12H2,1-2H3,(H,39,40)(H,41,42)(H2,27,29,32)(H2,28,30,31);6-9,11-12,15,20H,3-5,10H2,1-2H3,(H,31,32)(H2,21,23,26)(H2,22,24,25);4-7,9,12,18H,3H2,1-2H3,(H2,13,14,15)/b13-3-;;/t14-,17?,18+,25-;11?,12-,15-,20-;6?,7-,9-,12-/m111/s1. The number of rotatable bonds is 27. The quantitative estimate of drug-likeness (QED) is 0.0199. The van der Waals surface area contributed by atoms with Gasteiger partial charge in [-0.3, -0.25) is 36.4 Å². The fourth-order valence-electron chi connectivity index (χ4n) is 12.3. The van der Waals surface area contributed by atoms with E-state index in [0.29, 0.717) is 69.3 Å². The molecule has 15 atom stereocenters. The van der Waals surface area contributed by atoms with E-state index in [4.69, 9.17) is 84.7 Å². The number of esters is 1. The molecule has 0 aliphatic carbocycles. The molecule has 0 saturated carbocycles. The van der Waals surface area contributed by atoms with E-state index in [2.05, 4.69) is 74.8 Å². The van der Waals surface area contributed by atoms with Crippen LogP contribution >= 0.6 is 23.0 Å². The van der Waals surface area contributed by atoms with Gasteiger partial charge in [0.1, 0.15) is 109 Å². The first kappa shape index (κ1) is 77.1. The average Bonchev–Trinajstić information content (AvgIpc) is 1.60. The lowest BCUT2D eigenvalue weighted by Crippen LogP contribution is -2.36. The first-order chi connectivity index (χ1) is 51.2. The fraction of sp³-hybridized carbons (Fsp3) is 0.483. The van der Waals surface area contributed by atoms with Gasteiger partial charge in [-0.2, -0.15) is 0 Å². The number of phosphoric ester groups is 1. The molecular weight excluding hydrogens is 1480 g/mol. The van der Waals surface area contributed by atoms with Crippen LogP contribution in [0.25, 0.3) is 55.8 Å². The van der Waals surface area contributed by atoms with Crippen molar-refractivity contribution >= 4 is 114 Å². The maximum absolute atomic E-state index is 13.2. The lowest BCUT2D eigenvalue weighted by molar-refractivity contribution is -0.136. The molecule has 15 N–H and O–H groups in total. The van der Waals surface area contributed by atoms with Crippen LogP contribution in [0.15, 0.2) is 86.6 Å². The van der Waals surface area contributed by atoms with Gasteiger partial charge in [0.15, 0.2) is 69.3 Å². The molecule has 14 rings (SSSR count). The Hall–Kier alpha value is -9.57. The number of methoxy groups -OCH3 is 2. The summed E-state index contributed by atoms with van der Waals surface area (Å²) < 4.78 is 112. The summed E-state index contributed by atoms with van der Waals surface area (Å²) in [5.41, 5.74) is 33.7. The topological polar surface area (TPSA) is 628 Å². The fourth-order valence-corrected chi connectivity index (χ4v) is 15.1. The van der Waals surface area contributed by atoms with Crippen LogP contribution in [-0.4, -0.2) is 225 Å². The first-order valence-electron chi connectivity index (χ1n) is 32.7. The van der Waals surface area contributed by atoms with E-state index in [-0.39, 0.29) is 89.8 Å². The second-order valence-electron chi connectivity index (χ2n) is 24.3. The summed E-state index contributed by atoms with van der Waals surface area (Å²) in [6.45, 7) is 6.90. The Bertz CT molecular complexity index is 5060. The number of fused-ring (bicyclic) bond motifs is 5. The molecule has 3 fully saturated rings. The van der Waals surface area contributed by atoms with Crippen LogP contribution in [0.1, 0.15) is 59.2 Å². The Kier molecular flexibility index (Phi) is 23.4. The van der Waals surface area contributed by atoms with Crippen LogP contribution in [0, 0.1) is 11.8 Å². The molecule has 0 amide bonds. The molecule has 107 heavy (non-hydrogen) atoms. The summed E-state index contributed by atoms with van der Waals surface area (Å²) in [4.78, 5) is 105. The highest BCUT2D eigenvalue weighted by molar-refractivity contribution is 7.52. The number of nitrogen functional groups attached to an aromatic ring is 5. The third-order valence-corrected chi connectivity index (χ3v) is 20.6. The van der Waals surface area contributed by atoms with Crippen LogP contribution in [0.5, 0.6) is 0 Å². The van der Waals surface area contributed by atoms with Gasteiger partial charge in [0.05, 0.1) is 90.6 Å². The number of aliphatic hydroxyl groups excluding tert-OH is 2. The number of imidazole rings is 5. The number of hydrogen-bond donors (Lipinski definition) is 10. The number of cyclic esters (lactones) is 1. The van der Waals surface area contributed by atoms with Crippen molar-refractivity contribution in [1.82, 2.24) is 97.6 Å². The zero-order valence-electron chi connectivity index (χ0n) is 57.8. The number of anilines is 5. The second kappa shape index (κ2) is 32.5. The maximum atomic E-state index is 13.2. The molecule has 49 heteroatoms. The molecular formula is C58H76N25O21P3. The molecule has 6 unspecified atom stereocenters. The van der Waals surface area contributed by atoms with Gasteiger partial charge in [0, 0.05) is 24.9 Å². The summed E-state index contributed by atoms with van der Waals surface area (Å²) in [6.07, 6.45) is 6.52. The Morgan fingerprint density at radius 1 is 0.514 bits per heavy atom. The average molecular weight is 1550 g/mol. The first-order valence-corrected chi connectivity index (χ1v) is 37.7. The molecule has 0 spiro atoms. The summed E-state index contributed by atoms with van der Waals surface area (Å²) in [7, 11) is -11.2. The van der Waals surface area contributed by atoms with Gasteiger partial charge in [0.2, 0.25) is 5.76 Å². The van der Waals surface area contributed by atoms with Gasteiger partial charge < -0.3 is 105 Å². The van der Waals surface area contributed by atoms with E-state index in [1.165, 1.54) is 56.8 Å². The highest BCUT2D eigenvalue weighted by Crippen LogP contribution is 2.52. The van der Waals surface area contributed by atoms with Gasteiger partial charge in [-0.1, -0.05) is 27.7 Å². The number of aliphatic hydroxyl groups is 2. The van der Waals surface area contributed by atoms with E-state index in [9.17, 15) is 43.4 Å². The van der Waals surface area contributed by atoms with Crippen molar-refractivity contribution in [1.29, 1.82) is 0 Å². The molecule has 4 aliphatic heterocycles. The minimum atomic E-state index is -4.89. The Morgan fingerprint density at radius 3 is 1.43 bits per heavy atom. The SMILES string of the molecule is CC[C@H]1O[C@@H](n2cnc3c(N)ncnc32)C(C)[C@H]1O.CC[C@H]1O[C@@H](n2cnc3c(N)ncnc32)C(C)[C@H]1OP(=O)(O)COCCn1cnc2ncnc(N)c21.COC1=C(OC)/C(=C/COP(=O)(O)OC[C@H]2O[C@@H](n3cnc4c(N)ncnc43)C(O)[C@H]2OP(=O)(O)COCCn2cnc3ncnc(N)c32)OC1=O. The molecule has 4 aliphatic rings. The highest BCUT2D eigenvalue weighted by Gasteiger charge is 2.51. The number of phosphoric acid groups is 1. The third-order valence-electron chi connectivity index (χ3n) is 17.5. The largest absolute Gasteiger partial charge is 0.490 e. The number of hydrogen-bond acceptors (Lipinski definition) is 38. The van der Waals surface area contributed by atoms with Crippen LogP contribution in [0.2, 0.25) is 0 Å². The lowest BCUT2D eigenvalue weighted by atomic mass is 10.0.